The predicted molar refractivity (Wildman–Crippen MR) is 90.3 cm³/mol. The minimum absolute atomic E-state index is 0.0425. The molecule has 0 radical (unpaired) electrons. The molecule has 1 atom stereocenters. The summed E-state index contributed by atoms with van der Waals surface area (Å²) in [6.07, 6.45) is 11.4. The number of likely N-dealkylation sites (tertiary alicyclic amines) is 1. The molecular weight excluding hydrogens is 290 g/mol. The third kappa shape index (κ3) is 4.48. The van der Waals surface area contributed by atoms with Gasteiger partial charge in [-0.25, -0.2) is 0 Å². The molecule has 0 aromatic heterocycles. The van der Waals surface area contributed by atoms with Crippen molar-refractivity contribution < 1.29 is 14.3 Å². The Morgan fingerprint density at radius 2 is 1.91 bits per heavy atom. The molecule has 3 rings (SSSR count). The van der Waals surface area contributed by atoms with Crippen molar-refractivity contribution in [1.29, 1.82) is 0 Å². The van der Waals surface area contributed by atoms with Crippen molar-refractivity contribution in [1.82, 2.24) is 4.90 Å². The van der Waals surface area contributed by atoms with E-state index in [0.29, 0.717) is 11.8 Å². The van der Waals surface area contributed by atoms with Crippen LogP contribution in [-0.2, 0) is 14.3 Å². The van der Waals surface area contributed by atoms with Gasteiger partial charge in [0.15, 0.2) is 0 Å². The van der Waals surface area contributed by atoms with Crippen LogP contribution in [0.15, 0.2) is 0 Å². The van der Waals surface area contributed by atoms with Crippen LogP contribution in [0.2, 0.25) is 0 Å². The summed E-state index contributed by atoms with van der Waals surface area (Å²) in [5.74, 6) is 1.77. The molecule has 23 heavy (non-hydrogen) atoms. The number of piperidine rings is 1. The molecule has 0 aromatic carbocycles. The summed E-state index contributed by atoms with van der Waals surface area (Å²) in [6.45, 7) is 3.52. The summed E-state index contributed by atoms with van der Waals surface area (Å²) in [7, 11) is 1.78. The highest BCUT2D eigenvalue weighted by Gasteiger charge is 2.41. The summed E-state index contributed by atoms with van der Waals surface area (Å²) in [5, 5.41) is 0. The third-order valence-electron chi connectivity index (χ3n) is 6.29. The number of hydrogen-bond acceptors (Lipinski definition) is 3. The Labute approximate surface area is 140 Å². The molecule has 1 aliphatic carbocycles. The predicted octanol–water partition coefficient (Wildman–Crippen LogP) is 3.39. The number of amides is 1. The first-order valence-electron chi connectivity index (χ1n) is 9.61. The maximum Gasteiger partial charge on any atom is 0.222 e. The fraction of sp³-hybridized carbons (Fsp3) is 0.947. The molecule has 3 aliphatic rings. The lowest BCUT2D eigenvalue weighted by Gasteiger charge is -2.46. The van der Waals surface area contributed by atoms with Crippen molar-refractivity contribution >= 4 is 5.91 Å². The van der Waals surface area contributed by atoms with Gasteiger partial charge in [0.25, 0.3) is 0 Å². The number of rotatable bonds is 5. The van der Waals surface area contributed by atoms with Gasteiger partial charge in [0, 0.05) is 39.8 Å². The first-order valence-corrected chi connectivity index (χ1v) is 9.61. The molecule has 0 bridgehead atoms. The minimum Gasteiger partial charge on any atom is -0.385 e. The van der Waals surface area contributed by atoms with Gasteiger partial charge in [-0.1, -0.05) is 12.8 Å². The summed E-state index contributed by atoms with van der Waals surface area (Å²) >= 11 is 0. The molecule has 4 nitrogen and oxygen atoms in total. The Balaban J connectivity index is 1.46. The van der Waals surface area contributed by atoms with E-state index in [4.69, 9.17) is 9.47 Å². The molecule has 4 heteroatoms. The maximum absolute atomic E-state index is 12.5. The van der Waals surface area contributed by atoms with Crippen LogP contribution in [0.25, 0.3) is 0 Å². The normalized spacial score (nSPS) is 28.4. The van der Waals surface area contributed by atoms with Gasteiger partial charge in [-0.05, 0) is 56.8 Å². The molecule has 2 heterocycles. The van der Waals surface area contributed by atoms with Crippen LogP contribution >= 0.6 is 0 Å². The molecule has 0 N–H and O–H groups in total. The molecule has 1 spiro atoms. The lowest BCUT2D eigenvalue weighted by molar-refractivity contribution is -0.148. The van der Waals surface area contributed by atoms with Gasteiger partial charge in [0.2, 0.25) is 5.91 Å². The fourth-order valence-electron chi connectivity index (χ4n) is 4.76. The van der Waals surface area contributed by atoms with E-state index in [-0.39, 0.29) is 5.60 Å². The molecule has 1 amide bonds. The van der Waals surface area contributed by atoms with Crippen LogP contribution in [0.3, 0.4) is 0 Å². The van der Waals surface area contributed by atoms with Crippen molar-refractivity contribution in [3.8, 4) is 0 Å². The average Bonchev–Trinajstić information content (AvgIpc) is 3.07. The Bertz CT molecular complexity index is 384. The lowest BCUT2D eigenvalue weighted by atomic mass is 9.78. The smallest absolute Gasteiger partial charge is 0.222 e. The van der Waals surface area contributed by atoms with E-state index in [0.717, 1.165) is 70.7 Å². The van der Waals surface area contributed by atoms with Crippen LogP contribution in [0.4, 0.5) is 0 Å². The van der Waals surface area contributed by atoms with Crippen LogP contribution in [-0.4, -0.2) is 49.8 Å². The number of hydrogen-bond donors (Lipinski definition) is 0. The Morgan fingerprint density at radius 1 is 1.17 bits per heavy atom. The summed E-state index contributed by atoms with van der Waals surface area (Å²) in [4.78, 5) is 14.6. The number of nitrogens with zero attached hydrogens (tertiary/aromatic N) is 1. The SMILES string of the molecule is COCCC1CCOC2(CCN(C(=O)CC3CCCC3)CC2)C1. The second-order valence-electron chi connectivity index (χ2n) is 7.91. The van der Waals surface area contributed by atoms with Gasteiger partial charge >= 0.3 is 0 Å². The molecule has 2 saturated heterocycles. The number of carbonyl (C=O) groups excluding carboxylic acids is 1. The van der Waals surface area contributed by atoms with Gasteiger partial charge < -0.3 is 14.4 Å². The van der Waals surface area contributed by atoms with Crippen molar-refractivity contribution in [3.63, 3.8) is 0 Å². The van der Waals surface area contributed by atoms with E-state index < -0.39 is 0 Å². The van der Waals surface area contributed by atoms with E-state index in [2.05, 4.69) is 4.90 Å². The number of carbonyl (C=O) groups is 1. The van der Waals surface area contributed by atoms with Crippen molar-refractivity contribution in [2.75, 3.05) is 33.4 Å². The van der Waals surface area contributed by atoms with Crippen molar-refractivity contribution in [2.24, 2.45) is 11.8 Å². The Hall–Kier alpha value is -0.610. The summed E-state index contributed by atoms with van der Waals surface area (Å²) in [6, 6.07) is 0. The molecule has 1 unspecified atom stereocenters. The number of methoxy groups -OCH3 is 1. The van der Waals surface area contributed by atoms with Crippen molar-refractivity contribution in [2.45, 2.75) is 69.8 Å². The quantitative estimate of drug-likeness (QED) is 0.778. The van der Waals surface area contributed by atoms with E-state index in [1.807, 2.05) is 0 Å². The molecule has 132 valence electrons. The van der Waals surface area contributed by atoms with Gasteiger partial charge in [-0.3, -0.25) is 4.79 Å². The second-order valence-corrected chi connectivity index (χ2v) is 7.91. The van der Waals surface area contributed by atoms with Crippen LogP contribution < -0.4 is 0 Å². The lowest BCUT2D eigenvalue weighted by Crippen LogP contribution is -2.51. The molecule has 2 aliphatic heterocycles. The molecule has 1 saturated carbocycles. The van der Waals surface area contributed by atoms with E-state index >= 15 is 0 Å². The van der Waals surface area contributed by atoms with E-state index in [1.54, 1.807) is 7.11 Å². The fourth-order valence-corrected chi connectivity index (χ4v) is 4.76. The highest BCUT2D eigenvalue weighted by Crippen LogP contribution is 2.39. The maximum atomic E-state index is 12.5. The van der Waals surface area contributed by atoms with E-state index in [1.165, 1.54) is 25.7 Å². The van der Waals surface area contributed by atoms with E-state index in [9.17, 15) is 4.79 Å². The molecular formula is C19H33NO3. The largest absolute Gasteiger partial charge is 0.385 e. The van der Waals surface area contributed by atoms with Gasteiger partial charge in [-0.15, -0.1) is 0 Å². The van der Waals surface area contributed by atoms with Gasteiger partial charge in [0.1, 0.15) is 0 Å². The van der Waals surface area contributed by atoms with Crippen molar-refractivity contribution in [3.05, 3.63) is 0 Å². The topological polar surface area (TPSA) is 38.8 Å². The van der Waals surface area contributed by atoms with Crippen LogP contribution in [0.1, 0.15) is 64.2 Å². The highest BCUT2D eigenvalue weighted by atomic mass is 16.5. The summed E-state index contributed by atoms with van der Waals surface area (Å²) < 4.78 is 11.4. The van der Waals surface area contributed by atoms with Crippen LogP contribution in [0, 0.1) is 11.8 Å². The molecule has 3 fully saturated rings. The monoisotopic (exact) mass is 323 g/mol. The standard InChI is InChI=1S/C19H33NO3/c1-22-12-6-17-7-13-23-19(15-17)8-10-20(11-9-19)18(21)14-16-4-2-3-5-16/h16-17H,2-15H2,1H3. The highest BCUT2D eigenvalue weighted by molar-refractivity contribution is 5.76. The zero-order chi connectivity index (χ0) is 16.1. The Morgan fingerprint density at radius 3 is 2.61 bits per heavy atom. The van der Waals surface area contributed by atoms with Gasteiger partial charge in [-0.2, -0.15) is 0 Å². The second kappa shape index (κ2) is 7.98. The minimum atomic E-state index is 0.0425. The third-order valence-corrected chi connectivity index (χ3v) is 6.29. The summed E-state index contributed by atoms with van der Waals surface area (Å²) in [5.41, 5.74) is 0.0425. The first-order chi connectivity index (χ1) is 11.2. The average molecular weight is 323 g/mol. The number of ether oxygens (including phenoxy) is 2. The zero-order valence-corrected chi connectivity index (χ0v) is 14.7. The Kier molecular flexibility index (Phi) is 5.97. The first kappa shape index (κ1) is 17.2. The zero-order valence-electron chi connectivity index (χ0n) is 14.7. The molecule has 0 aromatic rings. The van der Waals surface area contributed by atoms with Gasteiger partial charge in [0.05, 0.1) is 5.60 Å². The van der Waals surface area contributed by atoms with Crippen LogP contribution in [0.5, 0.6) is 0 Å².